The van der Waals surface area contributed by atoms with Crippen LogP contribution in [0.5, 0.6) is 0 Å². The minimum absolute atomic E-state index is 0.0831. The Balaban J connectivity index is 4.12. The Hall–Kier alpha value is -2.32. The molecule has 0 radical (unpaired) electrons. The van der Waals surface area contributed by atoms with Crippen molar-refractivity contribution < 1.29 is 32.8 Å². The summed E-state index contributed by atoms with van der Waals surface area (Å²) in [5.74, 6) is -0.349. The molecular formula is C47H82NO7P. The Kier molecular flexibility index (Phi) is 42.0. The lowest BCUT2D eigenvalue weighted by atomic mass is 10.0. The normalized spacial score (nSPS) is 14.3. The monoisotopic (exact) mass is 804 g/mol. The van der Waals surface area contributed by atoms with Gasteiger partial charge in [-0.2, -0.15) is 0 Å². The van der Waals surface area contributed by atoms with Crippen LogP contribution in [0.25, 0.3) is 0 Å². The fraction of sp³-hybridized carbons (Fsp3) is 0.681. The lowest BCUT2D eigenvalue weighted by Crippen LogP contribution is -2.28. The highest BCUT2D eigenvalue weighted by Crippen LogP contribution is 2.43. The number of allylic oxidation sites excluding steroid dienone is 14. The molecule has 56 heavy (non-hydrogen) atoms. The summed E-state index contributed by atoms with van der Waals surface area (Å²) < 4.78 is 33.4. The third kappa shape index (κ3) is 42.8. The van der Waals surface area contributed by atoms with Crippen molar-refractivity contribution in [1.29, 1.82) is 0 Å². The predicted molar refractivity (Wildman–Crippen MR) is 238 cm³/mol. The van der Waals surface area contributed by atoms with Crippen LogP contribution in [0.3, 0.4) is 0 Å². The highest BCUT2D eigenvalue weighted by atomic mass is 31.2. The van der Waals surface area contributed by atoms with Crippen molar-refractivity contribution in [2.24, 2.45) is 5.73 Å². The van der Waals surface area contributed by atoms with Crippen molar-refractivity contribution in [3.8, 4) is 0 Å². The first-order valence-corrected chi connectivity index (χ1v) is 23.6. The lowest BCUT2D eigenvalue weighted by Gasteiger charge is -2.20. The molecule has 0 spiro atoms. The molecule has 0 aliphatic rings. The molecule has 0 saturated carbocycles. The van der Waals surface area contributed by atoms with Gasteiger partial charge in [0, 0.05) is 19.6 Å². The molecule has 322 valence electrons. The number of carbonyl (C=O) groups is 1. The predicted octanol–water partition coefficient (Wildman–Crippen LogP) is 13.3. The highest BCUT2D eigenvalue weighted by molar-refractivity contribution is 7.47. The molecule has 0 aromatic carbocycles. The second-order valence-electron chi connectivity index (χ2n) is 14.2. The van der Waals surface area contributed by atoms with E-state index in [1.165, 1.54) is 64.2 Å². The van der Waals surface area contributed by atoms with Gasteiger partial charge in [-0.3, -0.25) is 13.8 Å². The Labute approximate surface area is 343 Å². The Morgan fingerprint density at radius 3 is 1.46 bits per heavy atom. The number of rotatable bonds is 41. The maximum Gasteiger partial charge on any atom is 0.472 e. The second kappa shape index (κ2) is 43.8. The van der Waals surface area contributed by atoms with Crippen LogP contribution in [0.1, 0.15) is 168 Å². The average molecular weight is 804 g/mol. The second-order valence-corrected chi connectivity index (χ2v) is 15.6. The number of phosphoric acid groups is 1. The third-order valence-corrected chi connectivity index (χ3v) is 9.81. The zero-order chi connectivity index (χ0) is 40.9. The van der Waals surface area contributed by atoms with Crippen LogP contribution >= 0.6 is 7.82 Å². The van der Waals surface area contributed by atoms with Crippen molar-refractivity contribution in [3.05, 3.63) is 85.1 Å². The van der Waals surface area contributed by atoms with Gasteiger partial charge in [-0.05, 0) is 70.6 Å². The summed E-state index contributed by atoms with van der Waals surface area (Å²) in [4.78, 5) is 22.5. The summed E-state index contributed by atoms with van der Waals surface area (Å²) in [5.41, 5.74) is 5.36. The number of esters is 1. The third-order valence-electron chi connectivity index (χ3n) is 8.83. The molecule has 0 bridgehead atoms. The number of hydrogen-bond acceptors (Lipinski definition) is 7. The SMILES string of the molecule is CC/C=C\C/C=C\C/C=C\C/C=C\C/C=C\C/C=C\C/C=C\CCCCOCC(COP(=O)(O)OCCN)OC(=O)CCCCCCCCCCCCCCC. The van der Waals surface area contributed by atoms with E-state index in [2.05, 4.69) is 98.9 Å². The molecule has 3 N–H and O–H groups in total. The maximum atomic E-state index is 12.6. The molecule has 0 saturated heterocycles. The van der Waals surface area contributed by atoms with Crippen LogP contribution in [0.15, 0.2) is 85.1 Å². The highest BCUT2D eigenvalue weighted by Gasteiger charge is 2.25. The summed E-state index contributed by atoms with van der Waals surface area (Å²) in [6.07, 6.45) is 56.1. The minimum atomic E-state index is -4.29. The number of phosphoric ester groups is 1. The molecule has 0 heterocycles. The minimum Gasteiger partial charge on any atom is -0.457 e. The summed E-state index contributed by atoms with van der Waals surface area (Å²) in [7, 11) is -4.29. The van der Waals surface area contributed by atoms with Crippen molar-refractivity contribution in [2.75, 3.05) is 33.0 Å². The average Bonchev–Trinajstić information content (AvgIpc) is 3.19. The van der Waals surface area contributed by atoms with Gasteiger partial charge in [0.15, 0.2) is 0 Å². The molecule has 0 aromatic rings. The van der Waals surface area contributed by atoms with Gasteiger partial charge >= 0.3 is 13.8 Å². The molecule has 0 amide bonds. The van der Waals surface area contributed by atoms with E-state index >= 15 is 0 Å². The van der Waals surface area contributed by atoms with E-state index in [0.717, 1.165) is 83.5 Å². The first kappa shape index (κ1) is 53.7. The fourth-order valence-corrected chi connectivity index (χ4v) is 6.39. The summed E-state index contributed by atoms with van der Waals surface area (Å²) in [6.45, 7) is 4.67. The van der Waals surface area contributed by atoms with Crippen molar-refractivity contribution in [2.45, 2.75) is 174 Å². The van der Waals surface area contributed by atoms with Gasteiger partial charge < -0.3 is 20.1 Å². The summed E-state index contributed by atoms with van der Waals surface area (Å²) in [6, 6.07) is 0. The van der Waals surface area contributed by atoms with Gasteiger partial charge in [0.25, 0.3) is 0 Å². The van der Waals surface area contributed by atoms with Crippen molar-refractivity contribution >= 4 is 13.8 Å². The van der Waals surface area contributed by atoms with E-state index < -0.39 is 13.9 Å². The summed E-state index contributed by atoms with van der Waals surface area (Å²) in [5, 5.41) is 0. The standard InChI is InChI=1S/C47H82NO7P/c1-3-5-7-9-11-13-15-17-18-19-20-21-22-23-24-25-26-27-29-31-33-35-37-39-42-52-44-46(45-54-56(50,51)53-43-41-48)55-47(49)40-38-36-34-32-30-28-16-14-12-10-8-6-4-2/h5,7,11,13,17-18,20-21,23-24,26-27,31,33,46H,3-4,6,8-10,12,14-16,19,22,25,28-30,32,34-45,48H2,1-2H3,(H,50,51)/b7-5-,13-11-,18-17-,21-20-,24-23-,27-26-,33-31-. The van der Waals surface area contributed by atoms with E-state index in [1.807, 2.05) is 0 Å². The number of ether oxygens (including phenoxy) is 2. The summed E-state index contributed by atoms with van der Waals surface area (Å²) >= 11 is 0. The van der Waals surface area contributed by atoms with Crippen LogP contribution in [0.4, 0.5) is 0 Å². The van der Waals surface area contributed by atoms with Crippen LogP contribution in [-0.2, 0) is 27.9 Å². The van der Waals surface area contributed by atoms with E-state index in [-0.39, 0.29) is 32.3 Å². The zero-order valence-corrected chi connectivity index (χ0v) is 36.5. The van der Waals surface area contributed by atoms with Crippen molar-refractivity contribution in [1.82, 2.24) is 0 Å². The van der Waals surface area contributed by atoms with Gasteiger partial charge in [-0.1, -0.05) is 176 Å². The zero-order valence-electron chi connectivity index (χ0n) is 35.6. The Morgan fingerprint density at radius 2 is 1.00 bits per heavy atom. The Bertz CT molecular complexity index is 1130. The van der Waals surface area contributed by atoms with E-state index in [9.17, 15) is 14.3 Å². The quantitative estimate of drug-likeness (QED) is 0.0272. The molecule has 0 aliphatic carbocycles. The van der Waals surface area contributed by atoms with Crippen molar-refractivity contribution in [3.63, 3.8) is 0 Å². The molecule has 2 unspecified atom stereocenters. The molecule has 8 nitrogen and oxygen atoms in total. The van der Waals surface area contributed by atoms with Crippen LogP contribution in [0.2, 0.25) is 0 Å². The number of unbranched alkanes of at least 4 members (excludes halogenated alkanes) is 14. The topological polar surface area (TPSA) is 117 Å². The number of nitrogens with two attached hydrogens (primary N) is 1. The van der Waals surface area contributed by atoms with E-state index in [4.69, 9.17) is 24.3 Å². The first-order chi connectivity index (χ1) is 27.4. The van der Waals surface area contributed by atoms with Gasteiger partial charge in [-0.15, -0.1) is 0 Å². The smallest absolute Gasteiger partial charge is 0.457 e. The fourth-order valence-electron chi connectivity index (χ4n) is 5.62. The van der Waals surface area contributed by atoms with E-state index in [1.54, 1.807) is 0 Å². The lowest BCUT2D eigenvalue weighted by molar-refractivity contribution is -0.154. The number of hydrogen-bond donors (Lipinski definition) is 2. The maximum absolute atomic E-state index is 12.6. The van der Waals surface area contributed by atoms with Gasteiger partial charge in [-0.25, -0.2) is 4.57 Å². The van der Waals surface area contributed by atoms with E-state index in [0.29, 0.717) is 13.0 Å². The van der Waals surface area contributed by atoms with Crippen LogP contribution in [-0.4, -0.2) is 49.9 Å². The van der Waals surface area contributed by atoms with Crippen LogP contribution < -0.4 is 5.73 Å². The molecule has 0 rings (SSSR count). The molecule has 0 fully saturated rings. The largest absolute Gasteiger partial charge is 0.472 e. The Morgan fingerprint density at radius 1 is 0.554 bits per heavy atom. The van der Waals surface area contributed by atoms with Crippen LogP contribution in [0, 0.1) is 0 Å². The molecule has 2 atom stereocenters. The molecular weight excluding hydrogens is 721 g/mol. The van der Waals surface area contributed by atoms with Gasteiger partial charge in [0.1, 0.15) is 6.10 Å². The number of carbonyl (C=O) groups excluding carboxylic acids is 1. The molecule has 0 aliphatic heterocycles. The van der Waals surface area contributed by atoms with Gasteiger partial charge in [0.2, 0.25) is 0 Å². The molecule has 9 heteroatoms. The van der Waals surface area contributed by atoms with Gasteiger partial charge in [0.05, 0.1) is 19.8 Å². The first-order valence-electron chi connectivity index (χ1n) is 22.1. The molecule has 0 aromatic heterocycles.